The molecule has 2 saturated carbocycles. The van der Waals surface area contributed by atoms with Crippen molar-refractivity contribution in [3.63, 3.8) is 0 Å². The number of alkyl halides is 2. The number of hydrogen-bond acceptors (Lipinski definition) is 2. The first kappa shape index (κ1) is 16.8. The molecule has 0 unspecified atom stereocenters. The molecule has 0 amide bonds. The van der Waals surface area contributed by atoms with E-state index in [1.54, 1.807) is 0 Å². The molecule has 0 radical (unpaired) electrons. The Balaban J connectivity index is 0.000000200. The highest BCUT2D eigenvalue weighted by Gasteiger charge is 2.45. The summed E-state index contributed by atoms with van der Waals surface area (Å²) in [6, 6.07) is 0. The summed E-state index contributed by atoms with van der Waals surface area (Å²) in [5, 5.41) is 0. The van der Waals surface area contributed by atoms with Gasteiger partial charge in [-0.1, -0.05) is 0 Å². The van der Waals surface area contributed by atoms with E-state index in [9.17, 15) is 8.78 Å². The highest BCUT2D eigenvalue weighted by molar-refractivity contribution is 4.85. The average molecular weight is 278 g/mol. The van der Waals surface area contributed by atoms with Gasteiger partial charge in [0.05, 0.1) is 24.9 Å². The Labute approximate surface area is 115 Å². The minimum atomic E-state index is -2.40. The summed E-state index contributed by atoms with van der Waals surface area (Å²) in [4.78, 5) is 0. The van der Waals surface area contributed by atoms with E-state index >= 15 is 0 Å². The Bertz CT molecular complexity index is 243. The molecule has 0 aromatic carbocycles. The van der Waals surface area contributed by atoms with Crippen molar-refractivity contribution >= 4 is 0 Å². The van der Waals surface area contributed by atoms with Crippen LogP contribution in [0.4, 0.5) is 8.78 Å². The molecule has 0 spiro atoms. The molecule has 4 heteroatoms. The second-order valence-corrected chi connectivity index (χ2v) is 6.25. The maximum atomic E-state index is 12.3. The summed E-state index contributed by atoms with van der Waals surface area (Å²) in [5.74, 6) is -2.31. The lowest BCUT2D eigenvalue weighted by atomic mass is 9.82. The average Bonchev–Trinajstić information content (AvgIpc) is 2.18. The van der Waals surface area contributed by atoms with E-state index in [4.69, 9.17) is 9.47 Å². The summed E-state index contributed by atoms with van der Waals surface area (Å²) in [6.07, 6.45) is 5.17. The summed E-state index contributed by atoms with van der Waals surface area (Å²) >= 11 is 0. The van der Waals surface area contributed by atoms with Crippen LogP contribution in [0.2, 0.25) is 0 Å². The fourth-order valence-electron chi connectivity index (χ4n) is 2.12. The lowest BCUT2D eigenvalue weighted by Crippen LogP contribution is -2.38. The van der Waals surface area contributed by atoms with Crippen LogP contribution in [0.25, 0.3) is 0 Å². The van der Waals surface area contributed by atoms with Crippen molar-refractivity contribution in [2.45, 2.75) is 84.0 Å². The molecule has 0 atom stereocenters. The molecule has 2 aliphatic carbocycles. The van der Waals surface area contributed by atoms with E-state index in [0.717, 1.165) is 0 Å². The van der Waals surface area contributed by atoms with Gasteiger partial charge >= 0.3 is 0 Å². The molecule has 0 bridgehead atoms. The Kier molecular flexibility index (Phi) is 6.67. The summed E-state index contributed by atoms with van der Waals surface area (Å²) in [6.45, 7) is 8.51. The highest BCUT2D eigenvalue weighted by atomic mass is 19.3. The zero-order chi connectivity index (χ0) is 14.5. The molecule has 0 aromatic rings. The van der Waals surface area contributed by atoms with E-state index in [2.05, 4.69) is 13.8 Å². The molecule has 19 heavy (non-hydrogen) atoms. The largest absolute Gasteiger partial charge is 0.379 e. The fourth-order valence-corrected chi connectivity index (χ4v) is 2.12. The molecule has 2 fully saturated rings. The Morgan fingerprint density at radius 1 is 1.05 bits per heavy atom. The van der Waals surface area contributed by atoms with Gasteiger partial charge in [-0.3, -0.25) is 0 Å². The van der Waals surface area contributed by atoms with Gasteiger partial charge < -0.3 is 9.47 Å². The van der Waals surface area contributed by atoms with Gasteiger partial charge in [0, 0.05) is 12.8 Å². The van der Waals surface area contributed by atoms with Crippen molar-refractivity contribution in [2.75, 3.05) is 6.61 Å². The molecular weight excluding hydrogens is 250 g/mol. The van der Waals surface area contributed by atoms with Crippen LogP contribution in [0.15, 0.2) is 0 Å². The molecule has 2 aliphatic rings. The fraction of sp³-hybridized carbons (Fsp3) is 1.00. The monoisotopic (exact) mass is 278 g/mol. The van der Waals surface area contributed by atoms with Gasteiger partial charge in [-0.05, 0) is 52.9 Å². The maximum absolute atomic E-state index is 12.3. The summed E-state index contributed by atoms with van der Waals surface area (Å²) in [5.41, 5.74) is 0. The number of hydrogen-bond donors (Lipinski definition) is 0. The van der Waals surface area contributed by atoms with E-state index in [1.165, 1.54) is 19.3 Å². The van der Waals surface area contributed by atoms with Crippen LogP contribution in [0.5, 0.6) is 0 Å². The van der Waals surface area contributed by atoms with E-state index in [-0.39, 0.29) is 24.9 Å². The standard InChI is InChI=1S/C8H14F2O.C7H14O/c1-6(2)11-5-7-3-8(9,10)4-7;1-6(2)8-7-4-3-5-7/h6-7H,3-5H2,1-2H3;6-7H,3-5H2,1-2H3. The Morgan fingerprint density at radius 3 is 1.89 bits per heavy atom. The zero-order valence-electron chi connectivity index (χ0n) is 12.6. The second-order valence-electron chi connectivity index (χ2n) is 6.25. The van der Waals surface area contributed by atoms with Crippen molar-refractivity contribution in [3.8, 4) is 0 Å². The van der Waals surface area contributed by atoms with Crippen molar-refractivity contribution in [3.05, 3.63) is 0 Å². The van der Waals surface area contributed by atoms with Crippen molar-refractivity contribution < 1.29 is 18.3 Å². The smallest absolute Gasteiger partial charge is 0.248 e. The molecule has 2 nitrogen and oxygen atoms in total. The maximum Gasteiger partial charge on any atom is 0.248 e. The molecule has 114 valence electrons. The lowest BCUT2D eigenvalue weighted by Gasteiger charge is -2.34. The minimum Gasteiger partial charge on any atom is -0.379 e. The van der Waals surface area contributed by atoms with Crippen LogP contribution in [-0.4, -0.2) is 30.8 Å². The van der Waals surface area contributed by atoms with Crippen LogP contribution in [0.1, 0.15) is 59.8 Å². The lowest BCUT2D eigenvalue weighted by molar-refractivity contribution is -0.132. The van der Waals surface area contributed by atoms with Gasteiger partial charge in [-0.2, -0.15) is 0 Å². The first-order valence-electron chi connectivity index (χ1n) is 7.43. The van der Waals surface area contributed by atoms with Crippen LogP contribution in [-0.2, 0) is 9.47 Å². The van der Waals surface area contributed by atoms with Gasteiger partial charge in [-0.25, -0.2) is 8.78 Å². The summed E-state index contributed by atoms with van der Waals surface area (Å²) < 4.78 is 35.2. The van der Waals surface area contributed by atoms with Gasteiger partial charge in [0.25, 0.3) is 0 Å². The first-order valence-corrected chi connectivity index (χ1v) is 7.43. The molecule has 0 aromatic heterocycles. The molecule has 0 saturated heterocycles. The van der Waals surface area contributed by atoms with Crippen LogP contribution in [0, 0.1) is 5.92 Å². The topological polar surface area (TPSA) is 18.5 Å². The zero-order valence-corrected chi connectivity index (χ0v) is 12.6. The predicted molar refractivity (Wildman–Crippen MR) is 72.6 cm³/mol. The highest BCUT2D eigenvalue weighted by Crippen LogP contribution is 2.42. The molecule has 0 aliphatic heterocycles. The molecule has 0 heterocycles. The number of ether oxygens (including phenoxy) is 2. The van der Waals surface area contributed by atoms with Crippen molar-refractivity contribution in [1.29, 1.82) is 0 Å². The predicted octanol–water partition coefficient (Wildman–Crippen LogP) is 4.42. The Hall–Kier alpha value is -0.220. The van der Waals surface area contributed by atoms with E-state index < -0.39 is 5.92 Å². The Morgan fingerprint density at radius 2 is 1.63 bits per heavy atom. The van der Waals surface area contributed by atoms with Crippen molar-refractivity contribution in [1.82, 2.24) is 0 Å². The quantitative estimate of drug-likeness (QED) is 0.741. The minimum absolute atomic E-state index is 0.0136. The third-order valence-electron chi connectivity index (χ3n) is 3.36. The SMILES string of the molecule is CC(C)OC1CCC1.CC(C)OCC1CC(F)(F)C1. The second kappa shape index (κ2) is 7.53. The van der Waals surface area contributed by atoms with E-state index in [0.29, 0.717) is 18.8 Å². The summed E-state index contributed by atoms with van der Waals surface area (Å²) in [7, 11) is 0. The third kappa shape index (κ3) is 7.21. The van der Waals surface area contributed by atoms with Crippen molar-refractivity contribution in [2.24, 2.45) is 5.92 Å². The van der Waals surface area contributed by atoms with Crippen LogP contribution in [0.3, 0.4) is 0 Å². The number of rotatable bonds is 5. The van der Waals surface area contributed by atoms with Gasteiger partial charge in [0.15, 0.2) is 0 Å². The van der Waals surface area contributed by atoms with Crippen LogP contribution >= 0.6 is 0 Å². The van der Waals surface area contributed by atoms with Gasteiger partial charge in [0.2, 0.25) is 5.92 Å². The van der Waals surface area contributed by atoms with E-state index in [1.807, 2.05) is 13.8 Å². The van der Waals surface area contributed by atoms with Crippen LogP contribution < -0.4 is 0 Å². The third-order valence-corrected chi connectivity index (χ3v) is 3.36. The van der Waals surface area contributed by atoms with Gasteiger partial charge in [-0.15, -0.1) is 0 Å². The van der Waals surface area contributed by atoms with Gasteiger partial charge in [0.1, 0.15) is 0 Å². The number of halogens is 2. The first-order chi connectivity index (χ1) is 8.78. The molecular formula is C15H28F2O2. The normalized spacial score (nSPS) is 22.7. The molecule has 2 rings (SSSR count). The molecule has 0 N–H and O–H groups in total.